The first kappa shape index (κ1) is 7.42. The molecular formula is C7H8N4S. The van der Waals surface area contributed by atoms with E-state index in [1.165, 1.54) is 0 Å². The average molecular weight is 180 g/mol. The second kappa shape index (κ2) is 2.67. The Morgan fingerprint density at radius 3 is 3.00 bits per heavy atom. The molecule has 0 radical (unpaired) electrons. The van der Waals surface area contributed by atoms with Crippen molar-refractivity contribution in [2.24, 2.45) is 0 Å². The van der Waals surface area contributed by atoms with Gasteiger partial charge in [0.05, 0.1) is 0 Å². The van der Waals surface area contributed by atoms with Crippen LogP contribution in [0.5, 0.6) is 0 Å². The minimum absolute atomic E-state index is 0.720. The largest absolute Gasteiger partial charge is 0.398 e. The van der Waals surface area contributed by atoms with E-state index in [1.807, 2.05) is 29.0 Å². The first-order valence-corrected chi connectivity index (χ1v) is 4.68. The number of thioether (sulfide) groups is 1. The Kier molecular flexibility index (Phi) is 1.65. The first-order valence-electron chi connectivity index (χ1n) is 3.45. The minimum atomic E-state index is 0.720. The van der Waals surface area contributed by atoms with Gasteiger partial charge in [-0.1, -0.05) is 11.8 Å². The molecule has 0 fully saturated rings. The smallest absolute Gasteiger partial charge is 0.195 e. The number of nitrogen functional groups attached to an aromatic ring is 1. The zero-order valence-electron chi connectivity index (χ0n) is 6.56. The zero-order chi connectivity index (χ0) is 8.55. The van der Waals surface area contributed by atoms with Gasteiger partial charge in [0.15, 0.2) is 10.8 Å². The maximum absolute atomic E-state index is 5.62. The van der Waals surface area contributed by atoms with Gasteiger partial charge < -0.3 is 5.73 Å². The van der Waals surface area contributed by atoms with Crippen molar-refractivity contribution in [1.29, 1.82) is 0 Å². The zero-order valence-corrected chi connectivity index (χ0v) is 7.38. The van der Waals surface area contributed by atoms with Gasteiger partial charge in [-0.3, -0.25) is 4.40 Å². The summed E-state index contributed by atoms with van der Waals surface area (Å²) in [5.41, 5.74) is 7.17. The Labute approximate surface area is 73.8 Å². The predicted octanol–water partition coefficient (Wildman–Crippen LogP) is 1.03. The Morgan fingerprint density at radius 2 is 2.25 bits per heavy atom. The van der Waals surface area contributed by atoms with Crippen molar-refractivity contribution in [2.75, 3.05) is 12.0 Å². The van der Waals surface area contributed by atoms with Crippen molar-refractivity contribution in [1.82, 2.24) is 14.6 Å². The van der Waals surface area contributed by atoms with Crippen LogP contribution in [0.4, 0.5) is 5.69 Å². The van der Waals surface area contributed by atoms with E-state index in [2.05, 4.69) is 10.2 Å². The third-order valence-electron chi connectivity index (χ3n) is 1.58. The maximum atomic E-state index is 5.62. The molecule has 2 N–H and O–H groups in total. The van der Waals surface area contributed by atoms with Crippen molar-refractivity contribution in [3.63, 3.8) is 0 Å². The van der Waals surface area contributed by atoms with Crippen LogP contribution in [0.3, 0.4) is 0 Å². The number of pyridine rings is 1. The minimum Gasteiger partial charge on any atom is -0.398 e. The fourth-order valence-electron chi connectivity index (χ4n) is 1.03. The van der Waals surface area contributed by atoms with Crippen molar-refractivity contribution < 1.29 is 0 Å². The molecule has 0 saturated heterocycles. The van der Waals surface area contributed by atoms with Crippen LogP contribution in [-0.2, 0) is 0 Å². The molecule has 0 bridgehead atoms. The van der Waals surface area contributed by atoms with Gasteiger partial charge in [-0.25, -0.2) is 0 Å². The molecule has 12 heavy (non-hydrogen) atoms. The van der Waals surface area contributed by atoms with Gasteiger partial charge >= 0.3 is 0 Å². The Bertz CT molecular complexity index is 409. The highest BCUT2D eigenvalue weighted by Gasteiger charge is 2.02. The lowest BCUT2D eigenvalue weighted by atomic mass is 10.4. The lowest BCUT2D eigenvalue weighted by Gasteiger charge is -1.96. The highest BCUT2D eigenvalue weighted by molar-refractivity contribution is 7.98. The topological polar surface area (TPSA) is 56.2 Å². The summed E-state index contributed by atoms with van der Waals surface area (Å²) in [5.74, 6) is 0. The van der Waals surface area contributed by atoms with Gasteiger partial charge in [0.25, 0.3) is 0 Å². The molecule has 0 aliphatic rings. The number of rotatable bonds is 1. The van der Waals surface area contributed by atoms with Crippen LogP contribution in [0.25, 0.3) is 5.65 Å². The second-order valence-electron chi connectivity index (χ2n) is 2.38. The molecule has 0 aliphatic carbocycles. The maximum Gasteiger partial charge on any atom is 0.195 e. The standard InChI is InChI=1S/C7H8N4S/c1-12-7-10-9-6-3-2-5(8)4-11(6)7/h2-4H,8H2,1H3. The number of aromatic nitrogens is 3. The van der Waals surface area contributed by atoms with E-state index >= 15 is 0 Å². The number of nitrogens with two attached hydrogens (primary N) is 1. The van der Waals surface area contributed by atoms with E-state index in [1.54, 1.807) is 11.8 Å². The molecule has 0 saturated carbocycles. The molecule has 2 heterocycles. The molecule has 0 atom stereocenters. The molecular weight excluding hydrogens is 172 g/mol. The fourth-order valence-corrected chi connectivity index (χ4v) is 1.49. The second-order valence-corrected chi connectivity index (χ2v) is 3.15. The monoisotopic (exact) mass is 180 g/mol. The van der Waals surface area contributed by atoms with Crippen LogP contribution >= 0.6 is 11.8 Å². The summed E-state index contributed by atoms with van der Waals surface area (Å²) >= 11 is 1.55. The third kappa shape index (κ3) is 1.02. The normalized spacial score (nSPS) is 10.8. The molecule has 0 spiro atoms. The van der Waals surface area contributed by atoms with Crippen LogP contribution in [0.1, 0.15) is 0 Å². The summed E-state index contributed by atoms with van der Waals surface area (Å²) in [6.45, 7) is 0. The molecule has 0 aliphatic heterocycles. The van der Waals surface area contributed by atoms with Crippen LogP contribution in [0.2, 0.25) is 0 Å². The predicted molar refractivity (Wildman–Crippen MR) is 49.2 cm³/mol. The Balaban J connectivity index is 2.75. The number of anilines is 1. The summed E-state index contributed by atoms with van der Waals surface area (Å²) in [5, 5.41) is 8.80. The number of hydrogen-bond donors (Lipinski definition) is 1. The number of hydrogen-bond acceptors (Lipinski definition) is 4. The molecule has 5 heteroatoms. The summed E-state index contributed by atoms with van der Waals surface area (Å²) in [6, 6.07) is 3.66. The van der Waals surface area contributed by atoms with Crippen LogP contribution < -0.4 is 5.73 Å². The number of nitrogens with zero attached hydrogens (tertiary/aromatic N) is 3. The van der Waals surface area contributed by atoms with Gasteiger partial charge in [0.2, 0.25) is 0 Å². The molecule has 4 nitrogen and oxygen atoms in total. The van der Waals surface area contributed by atoms with Crippen molar-refractivity contribution >= 4 is 23.1 Å². The molecule has 0 amide bonds. The summed E-state index contributed by atoms with van der Waals surface area (Å²) in [4.78, 5) is 0. The molecule has 62 valence electrons. The van der Waals surface area contributed by atoms with Gasteiger partial charge in [-0.05, 0) is 18.4 Å². The average Bonchev–Trinajstić information content (AvgIpc) is 2.46. The third-order valence-corrected chi connectivity index (χ3v) is 2.22. The molecule has 2 aromatic rings. The van der Waals surface area contributed by atoms with Crippen LogP contribution in [0, 0.1) is 0 Å². The fraction of sp³-hybridized carbons (Fsp3) is 0.143. The van der Waals surface area contributed by atoms with Gasteiger partial charge in [0.1, 0.15) is 0 Å². The van der Waals surface area contributed by atoms with Gasteiger partial charge in [-0.2, -0.15) is 0 Å². The van der Waals surface area contributed by atoms with E-state index in [-0.39, 0.29) is 0 Å². The summed E-state index contributed by atoms with van der Waals surface area (Å²) in [7, 11) is 0. The lowest BCUT2D eigenvalue weighted by Crippen LogP contribution is -1.91. The summed E-state index contributed by atoms with van der Waals surface area (Å²) in [6.07, 6.45) is 3.78. The van der Waals surface area contributed by atoms with E-state index in [4.69, 9.17) is 5.73 Å². The van der Waals surface area contributed by atoms with Gasteiger partial charge in [-0.15, -0.1) is 10.2 Å². The molecule has 2 aromatic heterocycles. The highest BCUT2D eigenvalue weighted by atomic mass is 32.2. The molecule has 2 rings (SSSR count). The van der Waals surface area contributed by atoms with Crippen molar-refractivity contribution in [3.8, 4) is 0 Å². The first-order chi connectivity index (χ1) is 5.81. The highest BCUT2D eigenvalue weighted by Crippen LogP contribution is 2.14. The van der Waals surface area contributed by atoms with Crippen LogP contribution in [-0.4, -0.2) is 20.9 Å². The SMILES string of the molecule is CSc1nnc2ccc(N)cn12. The lowest BCUT2D eigenvalue weighted by molar-refractivity contribution is 0.925. The molecule has 0 aromatic carbocycles. The van der Waals surface area contributed by atoms with Crippen molar-refractivity contribution in [3.05, 3.63) is 18.3 Å². The van der Waals surface area contributed by atoms with Crippen LogP contribution in [0.15, 0.2) is 23.5 Å². The Hall–Kier alpha value is -1.23. The Morgan fingerprint density at radius 1 is 1.42 bits per heavy atom. The van der Waals surface area contributed by atoms with E-state index in [0.29, 0.717) is 0 Å². The van der Waals surface area contributed by atoms with E-state index < -0.39 is 0 Å². The van der Waals surface area contributed by atoms with Gasteiger partial charge in [0, 0.05) is 11.9 Å². The number of fused-ring (bicyclic) bond motifs is 1. The van der Waals surface area contributed by atoms with E-state index in [0.717, 1.165) is 16.5 Å². The molecule has 0 unspecified atom stereocenters. The summed E-state index contributed by atoms with van der Waals surface area (Å²) < 4.78 is 1.88. The van der Waals surface area contributed by atoms with Crippen molar-refractivity contribution in [2.45, 2.75) is 5.16 Å². The van der Waals surface area contributed by atoms with E-state index in [9.17, 15) is 0 Å². The quantitative estimate of drug-likeness (QED) is 0.666.